The minimum atomic E-state index is -1.57. The molecular weight excluding hydrogens is 730 g/mol. The molecule has 2 aromatic rings. The van der Waals surface area contributed by atoms with Gasteiger partial charge in [0, 0.05) is 24.6 Å². The molecule has 0 aromatic heterocycles. The number of esters is 1. The van der Waals surface area contributed by atoms with Gasteiger partial charge < -0.3 is 34.4 Å². The van der Waals surface area contributed by atoms with Crippen molar-refractivity contribution in [3.63, 3.8) is 0 Å². The monoisotopic (exact) mass is 769 g/mol. The van der Waals surface area contributed by atoms with Crippen LogP contribution >= 0.6 is 27.5 Å². The molecule has 2 fully saturated rings. The number of para-hydroxylation sites is 1. The summed E-state index contributed by atoms with van der Waals surface area (Å²) < 4.78 is 18.9. The molecule has 4 aliphatic rings. The van der Waals surface area contributed by atoms with Crippen LogP contribution in [0.3, 0.4) is 0 Å². The van der Waals surface area contributed by atoms with E-state index in [9.17, 15) is 19.5 Å². The predicted octanol–water partition coefficient (Wildman–Crippen LogP) is 4.33. The van der Waals surface area contributed by atoms with Crippen LogP contribution in [-0.4, -0.2) is 90.4 Å². The SMILES string of the molecule is COC[C@@H]1NC(=O)CC/C=C\CN(c2ccccc2Cl)C(=O)[C@H]2N([C@@H](CO)C(C)C)C(=O)[C@@H]3[C@@H](C(=O)O[C@H]1c1ccccc1)[C@@H]1O[C@@]32C=C1Br. The van der Waals surface area contributed by atoms with Crippen molar-refractivity contribution in [1.82, 2.24) is 10.2 Å². The molecule has 4 heterocycles. The number of ether oxygens (including phenoxy) is 3. The minimum absolute atomic E-state index is 0.0403. The van der Waals surface area contributed by atoms with Gasteiger partial charge in [0.15, 0.2) is 0 Å². The Morgan fingerprint density at radius 2 is 1.76 bits per heavy atom. The van der Waals surface area contributed by atoms with Gasteiger partial charge in [0.2, 0.25) is 11.8 Å². The molecule has 0 aliphatic carbocycles. The Morgan fingerprint density at radius 1 is 1.04 bits per heavy atom. The standard InChI is InChI=1S/C37H41BrClN3O8/c1-21(2)27(19-43)42-33-35(46)41(26-15-10-9-14-24(26)39)17-11-5-8-16-28(44)40-25(20-48-3)31(22-12-6-4-7-13-22)49-36(47)29-30(34(42)45)37(33)18-23(38)32(29)50-37/h4-7,9-15,18,21,25,27,29-33,43H,8,16-17,19-20H2,1-3H3,(H,40,44)/b11-5-/t25-,27-,29+,30-,31-,32+,33+,37-/m0/s1. The lowest BCUT2D eigenvalue weighted by atomic mass is 9.74. The van der Waals surface area contributed by atoms with Gasteiger partial charge in [-0.15, -0.1) is 0 Å². The summed E-state index contributed by atoms with van der Waals surface area (Å²) in [5.41, 5.74) is -0.530. The fraction of sp³-hybridized carbons (Fsp3) is 0.459. The van der Waals surface area contributed by atoms with Crippen LogP contribution in [0.1, 0.15) is 38.4 Å². The van der Waals surface area contributed by atoms with Crippen molar-refractivity contribution >= 4 is 56.9 Å². The molecule has 0 radical (unpaired) electrons. The lowest BCUT2D eigenvalue weighted by Gasteiger charge is -2.40. The summed E-state index contributed by atoms with van der Waals surface area (Å²) in [6.07, 6.45) is 3.90. The van der Waals surface area contributed by atoms with Gasteiger partial charge in [-0.05, 0) is 36.1 Å². The smallest absolute Gasteiger partial charge is 0.313 e. The zero-order valence-electron chi connectivity index (χ0n) is 28.0. The second-order valence-electron chi connectivity index (χ2n) is 13.4. The Balaban J connectivity index is 1.52. The number of amides is 3. The number of halogens is 2. The molecule has 2 N–H and O–H groups in total. The second kappa shape index (κ2) is 15.0. The highest BCUT2D eigenvalue weighted by Crippen LogP contribution is 2.59. The normalized spacial score (nSPS) is 31.4. The lowest BCUT2D eigenvalue weighted by molar-refractivity contribution is -0.162. The number of carbonyl (C=O) groups is 4. The Bertz CT molecular complexity index is 1690. The van der Waals surface area contributed by atoms with Crippen LogP contribution in [0.2, 0.25) is 5.02 Å². The number of rotatable bonds is 7. The fourth-order valence-electron chi connectivity index (χ4n) is 7.71. The number of allylic oxidation sites excluding steroid dienone is 1. The number of hydrogen-bond acceptors (Lipinski definition) is 8. The quantitative estimate of drug-likeness (QED) is 0.314. The summed E-state index contributed by atoms with van der Waals surface area (Å²) in [6.45, 7) is 3.41. The van der Waals surface area contributed by atoms with E-state index in [-0.39, 0.29) is 31.4 Å². The maximum Gasteiger partial charge on any atom is 0.313 e. The topological polar surface area (TPSA) is 135 Å². The van der Waals surface area contributed by atoms with E-state index in [0.29, 0.717) is 27.2 Å². The third-order valence-corrected chi connectivity index (χ3v) is 11.0. The summed E-state index contributed by atoms with van der Waals surface area (Å²) in [4.78, 5) is 60.6. The summed E-state index contributed by atoms with van der Waals surface area (Å²) in [7, 11) is 1.50. The number of benzene rings is 2. The lowest BCUT2D eigenvalue weighted by Crippen LogP contribution is -2.59. The number of fused-ring (bicyclic) bond motifs is 2. The molecule has 13 heteroatoms. The molecule has 2 aromatic carbocycles. The molecule has 5 bridgehead atoms. The molecule has 4 aliphatic heterocycles. The van der Waals surface area contributed by atoms with E-state index in [0.717, 1.165) is 0 Å². The number of nitrogens with zero attached hydrogens (tertiary/aromatic N) is 2. The maximum atomic E-state index is 15.1. The molecule has 266 valence electrons. The number of aliphatic hydroxyl groups excluding tert-OH is 1. The molecule has 1 spiro atoms. The molecule has 0 saturated carbocycles. The van der Waals surface area contributed by atoms with E-state index < -0.39 is 72.2 Å². The van der Waals surface area contributed by atoms with Gasteiger partial charge in [0.25, 0.3) is 5.91 Å². The van der Waals surface area contributed by atoms with Crippen LogP contribution in [0.15, 0.2) is 77.3 Å². The van der Waals surface area contributed by atoms with Gasteiger partial charge in [-0.3, -0.25) is 19.2 Å². The number of hydrogen-bond donors (Lipinski definition) is 2. The van der Waals surface area contributed by atoms with E-state index in [2.05, 4.69) is 21.2 Å². The van der Waals surface area contributed by atoms with Gasteiger partial charge in [-0.2, -0.15) is 0 Å². The van der Waals surface area contributed by atoms with Gasteiger partial charge in [-0.1, -0.05) is 96.0 Å². The van der Waals surface area contributed by atoms with Crippen molar-refractivity contribution in [1.29, 1.82) is 0 Å². The fourth-order valence-corrected chi connectivity index (χ4v) is 8.69. The maximum absolute atomic E-state index is 15.1. The van der Waals surface area contributed by atoms with E-state index in [1.165, 1.54) is 16.9 Å². The van der Waals surface area contributed by atoms with Crippen LogP contribution in [0.4, 0.5) is 5.69 Å². The van der Waals surface area contributed by atoms with Gasteiger partial charge in [0.05, 0.1) is 41.9 Å². The van der Waals surface area contributed by atoms with Crippen LogP contribution < -0.4 is 10.2 Å². The first-order valence-electron chi connectivity index (χ1n) is 16.8. The third-order valence-electron chi connectivity index (χ3n) is 10.0. The minimum Gasteiger partial charge on any atom is -0.455 e. The van der Waals surface area contributed by atoms with Crippen LogP contribution in [0, 0.1) is 17.8 Å². The Labute approximate surface area is 304 Å². The molecular formula is C37H41BrClN3O8. The number of likely N-dealkylation sites (tertiary alicyclic amines) is 1. The summed E-state index contributed by atoms with van der Waals surface area (Å²) in [5, 5.41) is 14.0. The third kappa shape index (κ3) is 6.41. The highest BCUT2D eigenvalue weighted by atomic mass is 79.9. The van der Waals surface area contributed by atoms with Crippen molar-refractivity contribution < 1.29 is 38.5 Å². The molecule has 8 atom stereocenters. The van der Waals surface area contributed by atoms with Gasteiger partial charge in [0.1, 0.15) is 29.8 Å². The summed E-state index contributed by atoms with van der Waals surface area (Å²) in [6, 6.07) is 13.1. The summed E-state index contributed by atoms with van der Waals surface area (Å²) >= 11 is 10.3. The van der Waals surface area contributed by atoms with Crippen molar-refractivity contribution in [3.8, 4) is 0 Å². The number of aliphatic hydroxyl groups is 1. The molecule has 6 rings (SSSR count). The van der Waals surface area contributed by atoms with E-state index in [1.54, 1.807) is 60.7 Å². The highest BCUT2D eigenvalue weighted by Gasteiger charge is 2.75. The highest BCUT2D eigenvalue weighted by molar-refractivity contribution is 9.11. The summed E-state index contributed by atoms with van der Waals surface area (Å²) in [5.74, 6) is -4.54. The van der Waals surface area contributed by atoms with Gasteiger partial charge >= 0.3 is 5.97 Å². The van der Waals surface area contributed by atoms with Crippen molar-refractivity contribution in [2.24, 2.45) is 17.8 Å². The molecule has 3 amide bonds. The first-order chi connectivity index (χ1) is 24.0. The number of nitrogens with one attached hydrogen (secondary N) is 1. The average Bonchev–Trinajstić information content (AvgIpc) is 3.69. The molecule has 50 heavy (non-hydrogen) atoms. The number of cyclic esters (lactones) is 1. The average molecular weight is 771 g/mol. The van der Waals surface area contributed by atoms with E-state index >= 15 is 4.79 Å². The van der Waals surface area contributed by atoms with E-state index in [4.69, 9.17) is 25.8 Å². The number of methoxy groups -OCH3 is 1. The van der Waals surface area contributed by atoms with Crippen LogP contribution in [0.5, 0.6) is 0 Å². The Hall–Kier alpha value is -3.55. The zero-order chi connectivity index (χ0) is 35.7. The van der Waals surface area contributed by atoms with Crippen molar-refractivity contribution in [3.05, 3.63) is 87.9 Å². The van der Waals surface area contributed by atoms with Crippen molar-refractivity contribution in [2.45, 2.75) is 62.6 Å². The first-order valence-corrected chi connectivity index (χ1v) is 17.9. The van der Waals surface area contributed by atoms with Crippen LogP contribution in [0.25, 0.3) is 0 Å². The second-order valence-corrected chi connectivity index (χ2v) is 14.7. The number of anilines is 1. The van der Waals surface area contributed by atoms with Crippen molar-refractivity contribution in [2.75, 3.05) is 31.8 Å². The predicted molar refractivity (Wildman–Crippen MR) is 189 cm³/mol. The molecule has 0 unspecified atom stereocenters. The van der Waals surface area contributed by atoms with Crippen LogP contribution in [-0.2, 0) is 33.4 Å². The largest absolute Gasteiger partial charge is 0.455 e. The van der Waals surface area contributed by atoms with Gasteiger partial charge in [-0.25, -0.2) is 0 Å². The number of carbonyl (C=O) groups excluding carboxylic acids is 4. The molecule has 11 nitrogen and oxygen atoms in total. The molecule has 2 saturated heterocycles. The Morgan fingerprint density at radius 3 is 2.44 bits per heavy atom. The van der Waals surface area contributed by atoms with E-state index in [1.807, 2.05) is 26.0 Å². The Kier molecular flexibility index (Phi) is 10.9. The zero-order valence-corrected chi connectivity index (χ0v) is 30.4. The first kappa shape index (κ1) is 36.2.